The topological polar surface area (TPSA) is 41.6 Å². The average molecular weight is 294 g/mol. The predicted molar refractivity (Wildman–Crippen MR) is 85.2 cm³/mol. The first kappa shape index (κ1) is 16.5. The SMILES string of the molecule is C=CCC1(C(=O)NC(C)CN2CCOCC2)CCCCC1. The summed E-state index contributed by atoms with van der Waals surface area (Å²) in [5, 5.41) is 3.25. The minimum absolute atomic E-state index is 0.194. The maximum atomic E-state index is 12.8. The lowest BCUT2D eigenvalue weighted by atomic mass is 9.71. The molecule has 0 aromatic rings. The van der Waals surface area contributed by atoms with Gasteiger partial charge >= 0.3 is 0 Å². The van der Waals surface area contributed by atoms with Gasteiger partial charge < -0.3 is 10.1 Å². The number of allylic oxidation sites excluding steroid dienone is 1. The van der Waals surface area contributed by atoms with E-state index in [2.05, 4.69) is 23.7 Å². The summed E-state index contributed by atoms with van der Waals surface area (Å²) in [7, 11) is 0. The van der Waals surface area contributed by atoms with Crippen molar-refractivity contribution in [3.63, 3.8) is 0 Å². The van der Waals surface area contributed by atoms with Gasteiger partial charge in [0.2, 0.25) is 5.91 Å². The van der Waals surface area contributed by atoms with Crippen molar-refractivity contribution in [1.29, 1.82) is 0 Å². The molecule has 0 spiro atoms. The predicted octanol–water partition coefficient (Wildman–Crippen LogP) is 2.35. The third-order valence-electron chi connectivity index (χ3n) is 4.84. The summed E-state index contributed by atoms with van der Waals surface area (Å²) >= 11 is 0. The molecule has 1 aliphatic heterocycles. The fraction of sp³-hybridized carbons (Fsp3) is 0.824. The second kappa shape index (κ2) is 7.95. The molecule has 1 saturated carbocycles. The smallest absolute Gasteiger partial charge is 0.226 e. The minimum atomic E-state index is -0.195. The summed E-state index contributed by atoms with van der Waals surface area (Å²) in [6, 6.07) is 0.194. The van der Waals surface area contributed by atoms with Crippen LogP contribution in [0, 0.1) is 5.41 Å². The lowest BCUT2D eigenvalue weighted by Gasteiger charge is -2.37. The highest BCUT2D eigenvalue weighted by molar-refractivity contribution is 5.83. The highest BCUT2D eigenvalue weighted by atomic mass is 16.5. The Hall–Kier alpha value is -0.870. The van der Waals surface area contributed by atoms with Gasteiger partial charge in [0.05, 0.1) is 18.6 Å². The molecule has 2 fully saturated rings. The third kappa shape index (κ3) is 4.55. The van der Waals surface area contributed by atoms with Gasteiger partial charge in [-0.15, -0.1) is 6.58 Å². The number of amides is 1. The molecule has 0 radical (unpaired) electrons. The van der Waals surface area contributed by atoms with Gasteiger partial charge in [0.25, 0.3) is 0 Å². The molecule has 120 valence electrons. The lowest BCUT2D eigenvalue weighted by molar-refractivity contribution is -0.133. The minimum Gasteiger partial charge on any atom is -0.379 e. The van der Waals surface area contributed by atoms with Crippen molar-refractivity contribution >= 4 is 5.91 Å². The molecule has 2 aliphatic rings. The number of hydrogen-bond donors (Lipinski definition) is 1. The Balaban J connectivity index is 1.86. The van der Waals surface area contributed by atoms with Crippen LogP contribution in [0.2, 0.25) is 0 Å². The number of nitrogens with one attached hydrogen (secondary N) is 1. The maximum Gasteiger partial charge on any atom is 0.226 e. The van der Waals surface area contributed by atoms with E-state index in [1.807, 2.05) is 6.08 Å². The number of morpholine rings is 1. The van der Waals surface area contributed by atoms with Crippen LogP contribution in [0.3, 0.4) is 0 Å². The zero-order valence-corrected chi connectivity index (χ0v) is 13.4. The maximum absolute atomic E-state index is 12.8. The van der Waals surface area contributed by atoms with Crippen molar-refractivity contribution in [2.45, 2.75) is 51.5 Å². The average Bonchev–Trinajstić information content (AvgIpc) is 2.49. The van der Waals surface area contributed by atoms with Gasteiger partial charge in [-0.25, -0.2) is 0 Å². The first-order valence-corrected chi connectivity index (χ1v) is 8.38. The number of ether oxygens (including phenoxy) is 1. The summed E-state index contributed by atoms with van der Waals surface area (Å²) in [6.07, 6.45) is 8.33. The third-order valence-corrected chi connectivity index (χ3v) is 4.84. The van der Waals surface area contributed by atoms with Gasteiger partial charge in [0.1, 0.15) is 0 Å². The van der Waals surface area contributed by atoms with Gasteiger partial charge in [-0.05, 0) is 26.2 Å². The van der Waals surface area contributed by atoms with Crippen LogP contribution in [0.25, 0.3) is 0 Å². The summed E-state index contributed by atoms with van der Waals surface area (Å²) in [5.74, 6) is 0.239. The Kier molecular flexibility index (Phi) is 6.24. The van der Waals surface area contributed by atoms with Gasteiger partial charge in [-0.3, -0.25) is 9.69 Å². The fourth-order valence-electron chi connectivity index (χ4n) is 3.62. The molecule has 2 rings (SSSR count). The standard InChI is InChI=1S/C17H30N2O2/c1-3-7-17(8-5-4-6-9-17)16(20)18-15(2)14-19-10-12-21-13-11-19/h3,15H,1,4-14H2,2H3,(H,18,20). The molecule has 0 bridgehead atoms. The second-order valence-corrected chi connectivity index (χ2v) is 6.62. The normalized spacial score (nSPS) is 24.2. The van der Waals surface area contributed by atoms with Crippen LogP contribution < -0.4 is 5.32 Å². The Labute approximate surface area is 128 Å². The molecule has 0 aromatic carbocycles. The summed E-state index contributed by atoms with van der Waals surface area (Å²) in [6.45, 7) is 10.4. The molecule has 4 heteroatoms. The highest BCUT2D eigenvalue weighted by Crippen LogP contribution is 2.39. The zero-order valence-electron chi connectivity index (χ0n) is 13.4. The van der Waals surface area contributed by atoms with Crippen LogP contribution in [-0.2, 0) is 9.53 Å². The van der Waals surface area contributed by atoms with Crippen LogP contribution in [0.1, 0.15) is 45.4 Å². The largest absolute Gasteiger partial charge is 0.379 e. The molecule has 1 amide bonds. The number of carbonyl (C=O) groups is 1. The molecule has 1 N–H and O–H groups in total. The van der Waals surface area contributed by atoms with E-state index in [9.17, 15) is 4.79 Å². The van der Waals surface area contributed by atoms with Gasteiger partial charge in [-0.1, -0.05) is 25.3 Å². The molecule has 1 atom stereocenters. The Morgan fingerprint density at radius 3 is 2.62 bits per heavy atom. The Bertz CT molecular complexity index is 345. The van der Waals surface area contributed by atoms with Gasteiger partial charge in [0.15, 0.2) is 0 Å². The Morgan fingerprint density at radius 2 is 2.00 bits per heavy atom. The molecule has 21 heavy (non-hydrogen) atoms. The highest BCUT2D eigenvalue weighted by Gasteiger charge is 2.38. The Morgan fingerprint density at radius 1 is 1.33 bits per heavy atom. The lowest BCUT2D eigenvalue weighted by Crippen LogP contribution is -2.50. The van der Waals surface area contributed by atoms with E-state index in [0.717, 1.165) is 52.1 Å². The molecule has 4 nitrogen and oxygen atoms in total. The summed E-state index contributed by atoms with van der Waals surface area (Å²) in [4.78, 5) is 15.1. The second-order valence-electron chi connectivity index (χ2n) is 6.62. The molecular formula is C17H30N2O2. The van der Waals surface area contributed by atoms with Crippen LogP contribution in [0.15, 0.2) is 12.7 Å². The summed E-state index contributed by atoms with van der Waals surface area (Å²) < 4.78 is 5.37. The van der Waals surface area contributed by atoms with E-state index in [4.69, 9.17) is 4.74 Å². The number of carbonyl (C=O) groups excluding carboxylic acids is 1. The quantitative estimate of drug-likeness (QED) is 0.765. The van der Waals surface area contributed by atoms with Gasteiger partial charge in [-0.2, -0.15) is 0 Å². The number of rotatable bonds is 6. The van der Waals surface area contributed by atoms with Crippen LogP contribution in [0.5, 0.6) is 0 Å². The molecule has 1 aliphatic carbocycles. The first-order chi connectivity index (χ1) is 10.2. The van der Waals surface area contributed by atoms with Crippen molar-refractivity contribution in [3.05, 3.63) is 12.7 Å². The molecule has 1 saturated heterocycles. The number of nitrogens with zero attached hydrogens (tertiary/aromatic N) is 1. The van der Waals surface area contributed by atoms with Crippen LogP contribution in [-0.4, -0.2) is 49.7 Å². The van der Waals surface area contributed by atoms with Crippen molar-refractivity contribution < 1.29 is 9.53 Å². The van der Waals surface area contributed by atoms with E-state index in [1.165, 1.54) is 19.3 Å². The van der Waals surface area contributed by atoms with E-state index >= 15 is 0 Å². The molecule has 1 unspecified atom stereocenters. The number of hydrogen-bond acceptors (Lipinski definition) is 3. The fourth-order valence-corrected chi connectivity index (χ4v) is 3.62. The van der Waals surface area contributed by atoms with E-state index in [1.54, 1.807) is 0 Å². The molecular weight excluding hydrogens is 264 g/mol. The summed E-state index contributed by atoms with van der Waals surface area (Å²) in [5.41, 5.74) is -0.195. The molecule has 0 aromatic heterocycles. The zero-order chi connectivity index (χ0) is 15.1. The first-order valence-electron chi connectivity index (χ1n) is 8.38. The monoisotopic (exact) mass is 294 g/mol. The molecule has 1 heterocycles. The van der Waals surface area contributed by atoms with Crippen molar-refractivity contribution in [2.75, 3.05) is 32.8 Å². The van der Waals surface area contributed by atoms with E-state index in [0.29, 0.717) is 0 Å². The van der Waals surface area contributed by atoms with Crippen LogP contribution in [0.4, 0.5) is 0 Å². The van der Waals surface area contributed by atoms with Crippen molar-refractivity contribution in [2.24, 2.45) is 5.41 Å². The van der Waals surface area contributed by atoms with E-state index < -0.39 is 0 Å². The van der Waals surface area contributed by atoms with Gasteiger partial charge in [0, 0.05) is 25.7 Å². The van der Waals surface area contributed by atoms with Crippen molar-refractivity contribution in [1.82, 2.24) is 10.2 Å². The van der Waals surface area contributed by atoms with Crippen LogP contribution >= 0.6 is 0 Å². The van der Waals surface area contributed by atoms with Crippen molar-refractivity contribution in [3.8, 4) is 0 Å². The van der Waals surface area contributed by atoms with E-state index in [-0.39, 0.29) is 17.4 Å².